The van der Waals surface area contributed by atoms with Crippen LogP contribution < -0.4 is 5.73 Å². The number of hydrogen-bond acceptors (Lipinski definition) is 4. The number of aliphatic hydroxyl groups is 1. The van der Waals surface area contributed by atoms with Gasteiger partial charge in [0.15, 0.2) is 9.84 Å². The molecule has 1 aliphatic carbocycles. The van der Waals surface area contributed by atoms with E-state index in [1.54, 1.807) is 24.3 Å². The summed E-state index contributed by atoms with van der Waals surface area (Å²) in [6.07, 6.45) is 0. The predicted octanol–water partition coefficient (Wildman–Crippen LogP) is 2.18. The average Bonchev–Trinajstić information content (AvgIpc) is 3.26. The molecule has 2 aromatic rings. The molecule has 0 aliphatic heterocycles. The first-order valence-electron chi connectivity index (χ1n) is 8.05. The zero-order valence-corrected chi connectivity index (χ0v) is 14.8. The highest BCUT2D eigenvalue weighted by atomic mass is 32.2. The highest BCUT2D eigenvalue weighted by molar-refractivity contribution is 7.92. The third kappa shape index (κ3) is 2.57. The molecule has 0 radical (unpaired) electrons. The Morgan fingerprint density at radius 2 is 1.50 bits per heavy atom. The first kappa shape index (κ1) is 17.1. The molecule has 1 saturated carbocycles. The summed E-state index contributed by atoms with van der Waals surface area (Å²) in [4.78, 5) is 0.291. The van der Waals surface area contributed by atoms with E-state index in [0.717, 1.165) is 16.7 Å². The van der Waals surface area contributed by atoms with Gasteiger partial charge in [0, 0.05) is 17.9 Å². The number of benzene rings is 2. The number of nitrogens with two attached hydrogens (primary N) is 1. The van der Waals surface area contributed by atoms with E-state index in [4.69, 9.17) is 5.73 Å². The van der Waals surface area contributed by atoms with E-state index < -0.39 is 20.5 Å². The maximum absolute atomic E-state index is 13.1. The van der Waals surface area contributed by atoms with Gasteiger partial charge in [0.1, 0.15) is 0 Å². The highest BCUT2D eigenvalue weighted by Gasteiger charge is 2.70. The van der Waals surface area contributed by atoms with Crippen LogP contribution in [0.15, 0.2) is 53.4 Å². The number of aliphatic hydroxyl groups excluding tert-OH is 1. The van der Waals surface area contributed by atoms with E-state index in [9.17, 15) is 13.5 Å². The zero-order chi connectivity index (χ0) is 17.5. The van der Waals surface area contributed by atoms with E-state index in [1.165, 1.54) is 0 Å². The third-order valence-corrected chi connectivity index (χ3v) is 7.51. The van der Waals surface area contributed by atoms with Crippen LogP contribution in [0.3, 0.4) is 0 Å². The van der Waals surface area contributed by atoms with E-state index in [-0.39, 0.29) is 19.1 Å². The van der Waals surface area contributed by atoms with Gasteiger partial charge in [-0.25, -0.2) is 8.42 Å². The lowest BCUT2D eigenvalue weighted by Crippen LogP contribution is -2.27. The summed E-state index contributed by atoms with van der Waals surface area (Å²) in [6, 6.07) is 14.6. The molecule has 0 unspecified atom stereocenters. The van der Waals surface area contributed by atoms with Crippen LogP contribution in [0.2, 0.25) is 0 Å². The minimum atomic E-state index is -3.56. The number of sulfone groups is 1. The van der Waals surface area contributed by atoms with Gasteiger partial charge in [-0.05, 0) is 31.5 Å². The maximum Gasteiger partial charge on any atom is 0.182 e. The smallest absolute Gasteiger partial charge is 0.182 e. The Balaban J connectivity index is 2.04. The second-order valence-electron chi connectivity index (χ2n) is 6.76. The van der Waals surface area contributed by atoms with Crippen LogP contribution in [0.4, 0.5) is 0 Å². The first-order valence-corrected chi connectivity index (χ1v) is 9.59. The maximum atomic E-state index is 13.1. The molecule has 0 saturated heterocycles. The van der Waals surface area contributed by atoms with Gasteiger partial charge >= 0.3 is 0 Å². The fourth-order valence-corrected chi connectivity index (χ4v) is 6.04. The van der Waals surface area contributed by atoms with Gasteiger partial charge in [-0.3, -0.25) is 0 Å². The third-order valence-electron chi connectivity index (χ3n) is 5.17. The average molecular weight is 345 g/mol. The van der Waals surface area contributed by atoms with E-state index in [2.05, 4.69) is 0 Å². The van der Waals surface area contributed by atoms with Crippen molar-refractivity contribution in [1.29, 1.82) is 0 Å². The van der Waals surface area contributed by atoms with Crippen LogP contribution in [-0.4, -0.2) is 31.9 Å². The molecule has 3 N–H and O–H groups in total. The Kier molecular flexibility index (Phi) is 4.28. The topological polar surface area (TPSA) is 80.4 Å². The van der Waals surface area contributed by atoms with Gasteiger partial charge < -0.3 is 10.8 Å². The van der Waals surface area contributed by atoms with Crippen molar-refractivity contribution in [2.24, 2.45) is 11.1 Å². The monoisotopic (exact) mass is 345 g/mol. The molecule has 2 aromatic carbocycles. The Hall–Kier alpha value is -1.69. The SMILES string of the molecule is Cc1ccc([C@H]2[C@@H](S(=O)(=O)c3ccc(C)cc3)[C@@]2(CN)CO)cc1. The Morgan fingerprint density at radius 3 is 1.96 bits per heavy atom. The van der Waals surface area contributed by atoms with Crippen molar-refractivity contribution in [3.8, 4) is 0 Å². The molecule has 128 valence electrons. The highest BCUT2D eigenvalue weighted by Crippen LogP contribution is 2.63. The molecular weight excluding hydrogens is 322 g/mol. The molecule has 0 bridgehead atoms. The Morgan fingerprint density at radius 1 is 1.00 bits per heavy atom. The first-order chi connectivity index (χ1) is 11.4. The summed E-state index contributed by atoms with van der Waals surface area (Å²) >= 11 is 0. The number of rotatable bonds is 5. The lowest BCUT2D eigenvalue weighted by Gasteiger charge is -2.12. The summed E-state index contributed by atoms with van der Waals surface area (Å²) in [7, 11) is -3.56. The van der Waals surface area contributed by atoms with E-state index in [1.807, 2.05) is 38.1 Å². The molecule has 0 spiro atoms. The van der Waals surface area contributed by atoms with Gasteiger partial charge in [0.2, 0.25) is 0 Å². The molecule has 0 aromatic heterocycles. The number of aryl methyl sites for hydroxylation is 2. The lowest BCUT2D eigenvalue weighted by molar-refractivity contribution is 0.212. The van der Waals surface area contributed by atoms with Gasteiger partial charge in [0.25, 0.3) is 0 Å². The molecule has 3 rings (SSSR count). The van der Waals surface area contributed by atoms with Crippen LogP contribution in [0.1, 0.15) is 22.6 Å². The van der Waals surface area contributed by atoms with Crippen LogP contribution >= 0.6 is 0 Å². The second kappa shape index (κ2) is 5.99. The largest absolute Gasteiger partial charge is 0.396 e. The van der Waals surface area contributed by atoms with Crippen molar-refractivity contribution in [2.75, 3.05) is 13.2 Å². The standard InChI is InChI=1S/C19H23NO3S/c1-13-3-7-15(8-4-13)17-18(19(17,11-20)12-21)24(22,23)16-9-5-14(2)6-10-16/h3-10,17-18,21H,11-12,20H2,1-2H3/t17-,18+,19-/m0/s1. The van der Waals surface area contributed by atoms with Gasteiger partial charge in [0.05, 0.1) is 16.8 Å². The Bertz CT molecular complexity index is 822. The minimum Gasteiger partial charge on any atom is -0.396 e. The summed E-state index contributed by atoms with van der Waals surface area (Å²) in [6.45, 7) is 3.80. The summed E-state index contributed by atoms with van der Waals surface area (Å²) < 4.78 is 26.2. The molecule has 5 heteroatoms. The van der Waals surface area contributed by atoms with Crippen molar-refractivity contribution in [3.05, 3.63) is 65.2 Å². The summed E-state index contributed by atoms with van der Waals surface area (Å²) in [5.74, 6) is -0.278. The normalized spacial score (nSPS) is 26.3. The van der Waals surface area contributed by atoms with Gasteiger partial charge in [-0.2, -0.15) is 0 Å². The lowest BCUT2D eigenvalue weighted by atomic mass is 9.99. The zero-order valence-electron chi connectivity index (χ0n) is 13.9. The fraction of sp³-hybridized carbons (Fsp3) is 0.368. The van der Waals surface area contributed by atoms with Crippen molar-refractivity contribution in [3.63, 3.8) is 0 Å². The van der Waals surface area contributed by atoms with Gasteiger partial charge in [-0.15, -0.1) is 0 Å². The number of hydrogen-bond donors (Lipinski definition) is 2. The van der Waals surface area contributed by atoms with Crippen molar-refractivity contribution >= 4 is 9.84 Å². The fourth-order valence-electron chi connectivity index (χ4n) is 3.59. The molecule has 1 aliphatic rings. The molecule has 24 heavy (non-hydrogen) atoms. The summed E-state index contributed by atoms with van der Waals surface area (Å²) in [5, 5.41) is 9.23. The van der Waals surface area contributed by atoms with Crippen molar-refractivity contribution in [1.82, 2.24) is 0 Å². The minimum absolute atomic E-state index is 0.137. The van der Waals surface area contributed by atoms with Crippen LogP contribution in [0, 0.1) is 19.3 Å². The molecule has 1 fully saturated rings. The van der Waals surface area contributed by atoms with E-state index >= 15 is 0 Å². The molecule has 0 heterocycles. The summed E-state index contributed by atoms with van der Waals surface area (Å²) in [5.41, 5.74) is 8.13. The van der Waals surface area contributed by atoms with Crippen LogP contribution in [0.25, 0.3) is 0 Å². The van der Waals surface area contributed by atoms with Crippen LogP contribution in [-0.2, 0) is 9.84 Å². The molecule has 4 nitrogen and oxygen atoms in total. The van der Waals surface area contributed by atoms with Crippen LogP contribution in [0.5, 0.6) is 0 Å². The van der Waals surface area contributed by atoms with E-state index in [0.29, 0.717) is 4.90 Å². The van der Waals surface area contributed by atoms with Gasteiger partial charge in [-0.1, -0.05) is 47.5 Å². The quantitative estimate of drug-likeness (QED) is 0.870. The molecular formula is C19H23NO3S. The molecule has 0 amide bonds. The molecule has 3 atom stereocenters. The van der Waals surface area contributed by atoms with Crippen molar-refractivity contribution < 1.29 is 13.5 Å². The Labute approximate surface area is 143 Å². The predicted molar refractivity (Wildman–Crippen MR) is 94.6 cm³/mol. The van der Waals surface area contributed by atoms with Crippen molar-refractivity contribution in [2.45, 2.75) is 29.9 Å². The second-order valence-corrected chi connectivity index (χ2v) is 8.83.